The van der Waals surface area contributed by atoms with Crippen molar-refractivity contribution in [3.05, 3.63) is 52.2 Å². The molecule has 2 N–H and O–H groups in total. The number of aliphatic hydroxyl groups excluding tert-OH is 1. The number of nitrogens with zero attached hydrogens (tertiary/aromatic N) is 2. The molecule has 2 atom stereocenters. The highest BCUT2D eigenvalue weighted by Gasteiger charge is 2.41. The molecule has 0 radical (unpaired) electrons. The predicted octanol–water partition coefficient (Wildman–Crippen LogP) is 2.11. The van der Waals surface area contributed by atoms with Crippen LogP contribution in [-0.4, -0.2) is 71.7 Å². The number of methoxy groups -OCH3 is 1. The van der Waals surface area contributed by atoms with E-state index >= 15 is 0 Å². The van der Waals surface area contributed by atoms with Gasteiger partial charge in [0.15, 0.2) is 0 Å². The van der Waals surface area contributed by atoms with Crippen LogP contribution in [0, 0.1) is 0 Å². The number of ether oxygens (including phenoxy) is 1. The first kappa shape index (κ1) is 21.8. The Morgan fingerprint density at radius 2 is 2.06 bits per heavy atom. The number of likely N-dealkylation sites (tertiary alicyclic amines) is 2. The first-order chi connectivity index (χ1) is 15.0. The molecule has 2 saturated heterocycles. The Morgan fingerprint density at radius 3 is 2.77 bits per heavy atom. The lowest BCUT2D eigenvalue weighted by molar-refractivity contribution is -0.126. The summed E-state index contributed by atoms with van der Waals surface area (Å²) in [5.74, 6) is 0.776. The minimum Gasteiger partial charge on any atom is -0.497 e. The van der Waals surface area contributed by atoms with Crippen LogP contribution in [0.3, 0.4) is 0 Å². The summed E-state index contributed by atoms with van der Waals surface area (Å²) in [7, 11) is 1.62. The highest BCUT2D eigenvalue weighted by Crippen LogP contribution is 2.27. The number of carbonyl (C=O) groups excluding carboxylic acids is 2. The van der Waals surface area contributed by atoms with Gasteiger partial charge >= 0.3 is 0 Å². The van der Waals surface area contributed by atoms with Gasteiger partial charge in [-0.1, -0.05) is 12.1 Å². The summed E-state index contributed by atoms with van der Waals surface area (Å²) in [5, 5.41) is 17.1. The Labute approximate surface area is 186 Å². The van der Waals surface area contributed by atoms with E-state index in [1.807, 2.05) is 46.0 Å². The highest BCUT2D eigenvalue weighted by molar-refractivity contribution is 7.08. The molecule has 0 saturated carbocycles. The summed E-state index contributed by atoms with van der Waals surface area (Å²) in [5.41, 5.74) is 1.72. The van der Waals surface area contributed by atoms with Crippen LogP contribution in [0.15, 0.2) is 41.1 Å². The van der Waals surface area contributed by atoms with Crippen molar-refractivity contribution in [2.45, 2.75) is 44.0 Å². The lowest BCUT2D eigenvalue weighted by atomic mass is 10.0. The average molecular weight is 444 g/mol. The second kappa shape index (κ2) is 9.80. The molecule has 0 spiro atoms. The summed E-state index contributed by atoms with van der Waals surface area (Å²) in [6, 6.07) is 9.33. The van der Waals surface area contributed by atoms with Crippen LogP contribution in [-0.2, 0) is 11.3 Å². The van der Waals surface area contributed by atoms with Gasteiger partial charge in [0.05, 0.1) is 24.8 Å². The molecule has 2 fully saturated rings. The normalized spacial score (nSPS) is 22.5. The van der Waals surface area contributed by atoms with E-state index in [4.69, 9.17) is 4.74 Å². The first-order valence-electron chi connectivity index (χ1n) is 10.7. The maximum Gasteiger partial charge on any atom is 0.254 e. The zero-order valence-corrected chi connectivity index (χ0v) is 18.5. The number of carbonyl (C=O) groups is 2. The van der Waals surface area contributed by atoms with E-state index in [-0.39, 0.29) is 23.9 Å². The number of rotatable bonds is 6. The van der Waals surface area contributed by atoms with Gasteiger partial charge in [-0.25, -0.2) is 0 Å². The number of hydrogen-bond donors (Lipinski definition) is 2. The molecule has 0 aliphatic carbocycles. The van der Waals surface area contributed by atoms with Crippen LogP contribution in [0.2, 0.25) is 0 Å². The third-order valence-corrected chi connectivity index (χ3v) is 6.89. The molecule has 0 unspecified atom stereocenters. The van der Waals surface area contributed by atoms with Crippen LogP contribution in [0.5, 0.6) is 5.75 Å². The third-order valence-electron chi connectivity index (χ3n) is 6.21. The number of piperidine rings is 1. The molecule has 1 aromatic carbocycles. The van der Waals surface area contributed by atoms with Crippen LogP contribution in [0.25, 0.3) is 0 Å². The van der Waals surface area contributed by atoms with Gasteiger partial charge in [0.1, 0.15) is 5.75 Å². The summed E-state index contributed by atoms with van der Waals surface area (Å²) in [6.45, 7) is 2.26. The van der Waals surface area contributed by atoms with Gasteiger partial charge in [0.25, 0.3) is 5.91 Å². The van der Waals surface area contributed by atoms with Crippen LogP contribution in [0.4, 0.5) is 0 Å². The van der Waals surface area contributed by atoms with E-state index < -0.39 is 6.10 Å². The maximum absolute atomic E-state index is 12.9. The molecule has 31 heavy (non-hydrogen) atoms. The second-order valence-corrected chi connectivity index (χ2v) is 8.99. The molecule has 3 heterocycles. The Morgan fingerprint density at radius 1 is 1.26 bits per heavy atom. The number of benzene rings is 1. The fraction of sp³-hybridized carbons (Fsp3) is 0.478. The summed E-state index contributed by atoms with van der Waals surface area (Å²) < 4.78 is 5.24. The van der Waals surface area contributed by atoms with Crippen LogP contribution in [0.1, 0.15) is 35.2 Å². The van der Waals surface area contributed by atoms with Crippen molar-refractivity contribution in [1.29, 1.82) is 0 Å². The molecule has 8 heteroatoms. The Kier molecular flexibility index (Phi) is 6.89. The summed E-state index contributed by atoms with van der Waals surface area (Å²) >= 11 is 1.53. The van der Waals surface area contributed by atoms with Crippen molar-refractivity contribution in [1.82, 2.24) is 15.1 Å². The van der Waals surface area contributed by atoms with E-state index in [1.54, 1.807) is 7.11 Å². The SMILES string of the molecule is COc1cccc(CNC(=O)[C@@H]2C[C@@H](O)CN2C2CCN(C(=O)c3ccsc3)CC2)c1. The molecule has 7 nitrogen and oxygen atoms in total. The Hall–Kier alpha value is -2.42. The van der Waals surface area contributed by atoms with Crippen molar-refractivity contribution in [2.75, 3.05) is 26.7 Å². The van der Waals surface area contributed by atoms with Crippen molar-refractivity contribution in [3.63, 3.8) is 0 Å². The largest absolute Gasteiger partial charge is 0.497 e. The van der Waals surface area contributed by atoms with Gasteiger partial charge in [0.2, 0.25) is 5.91 Å². The Bertz CT molecular complexity index is 896. The number of aliphatic hydroxyl groups is 1. The molecule has 2 aliphatic heterocycles. The highest BCUT2D eigenvalue weighted by atomic mass is 32.1. The lowest BCUT2D eigenvalue weighted by Gasteiger charge is -2.38. The number of thiophene rings is 1. The zero-order chi connectivity index (χ0) is 21.8. The average Bonchev–Trinajstić information content (AvgIpc) is 3.47. The van der Waals surface area contributed by atoms with Crippen LogP contribution >= 0.6 is 11.3 Å². The molecule has 4 rings (SSSR count). The van der Waals surface area contributed by atoms with Crippen molar-refractivity contribution in [3.8, 4) is 5.75 Å². The lowest BCUT2D eigenvalue weighted by Crippen LogP contribution is -2.52. The van der Waals surface area contributed by atoms with E-state index in [0.717, 1.165) is 29.7 Å². The summed E-state index contributed by atoms with van der Waals surface area (Å²) in [6.07, 6.45) is 1.56. The number of amides is 2. The zero-order valence-electron chi connectivity index (χ0n) is 17.7. The number of β-amino-alcohol motifs (C(OH)–C–C–N with tert-alkyl or cyclic N) is 1. The molecule has 2 amide bonds. The maximum atomic E-state index is 12.9. The van der Waals surface area contributed by atoms with Gasteiger partial charge in [-0.3, -0.25) is 14.5 Å². The standard InChI is InChI=1S/C23H29N3O4S/c1-30-20-4-2-3-16(11-20)13-24-22(28)21-12-19(27)14-26(21)18-5-8-25(9-6-18)23(29)17-7-10-31-15-17/h2-4,7,10-11,15,18-19,21,27H,5-6,8-9,12-14H2,1H3,(H,24,28)/t19-,21+/m1/s1. The molecule has 2 aromatic rings. The third kappa shape index (κ3) is 5.08. The topological polar surface area (TPSA) is 82.1 Å². The molecule has 166 valence electrons. The Balaban J connectivity index is 1.33. The van der Waals surface area contributed by atoms with E-state index in [9.17, 15) is 14.7 Å². The fourth-order valence-corrected chi connectivity index (χ4v) is 5.19. The van der Waals surface area contributed by atoms with E-state index in [2.05, 4.69) is 10.2 Å². The quantitative estimate of drug-likeness (QED) is 0.715. The van der Waals surface area contributed by atoms with Gasteiger partial charge in [-0.2, -0.15) is 11.3 Å². The van der Waals surface area contributed by atoms with Crippen molar-refractivity contribution < 1.29 is 19.4 Å². The van der Waals surface area contributed by atoms with Crippen molar-refractivity contribution >= 4 is 23.2 Å². The monoisotopic (exact) mass is 443 g/mol. The molecule has 2 aliphatic rings. The van der Waals surface area contributed by atoms with Crippen molar-refractivity contribution in [2.24, 2.45) is 0 Å². The minimum atomic E-state index is -0.502. The summed E-state index contributed by atoms with van der Waals surface area (Å²) in [4.78, 5) is 29.6. The smallest absolute Gasteiger partial charge is 0.254 e. The molecule has 1 aromatic heterocycles. The van der Waals surface area contributed by atoms with E-state index in [0.29, 0.717) is 32.6 Å². The molecule has 0 bridgehead atoms. The molecular formula is C23H29N3O4S. The predicted molar refractivity (Wildman–Crippen MR) is 119 cm³/mol. The van der Waals surface area contributed by atoms with Gasteiger partial charge in [0, 0.05) is 37.6 Å². The number of nitrogens with one attached hydrogen (secondary N) is 1. The van der Waals surface area contributed by atoms with Crippen LogP contribution < -0.4 is 10.1 Å². The van der Waals surface area contributed by atoms with E-state index in [1.165, 1.54) is 11.3 Å². The first-order valence-corrected chi connectivity index (χ1v) is 11.7. The minimum absolute atomic E-state index is 0.0591. The van der Waals surface area contributed by atoms with Gasteiger partial charge in [-0.15, -0.1) is 0 Å². The van der Waals surface area contributed by atoms with Gasteiger partial charge < -0.3 is 20.1 Å². The van der Waals surface area contributed by atoms with Gasteiger partial charge in [-0.05, 0) is 48.4 Å². The fourth-order valence-electron chi connectivity index (χ4n) is 4.56. The second-order valence-electron chi connectivity index (χ2n) is 8.21. The molecular weight excluding hydrogens is 414 g/mol. The number of hydrogen-bond acceptors (Lipinski definition) is 6.